The van der Waals surface area contributed by atoms with E-state index in [1.54, 1.807) is 0 Å². The molecule has 2 heterocycles. The van der Waals surface area contributed by atoms with Gasteiger partial charge in [-0.15, -0.1) is 0 Å². The summed E-state index contributed by atoms with van der Waals surface area (Å²) in [5, 5.41) is 2.35. The lowest BCUT2D eigenvalue weighted by Crippen LogP contribution is -2.51. The predicted octanol–water partition coefficient (Wildman–Crippen LogP) is 3.37. The third kappa shape index (κ3) is 5.58. The Hall–Kier alpha value is -3.35. The molecule has 0 aliphatic carbocycles. The number of para-hydroxylation sites is 2. The van der Waals surface area contributed by atoms with Crippen molar-refractivity contribution in [3.8, 4) is 5.75 Å². The van der Waals surface area contributed by atoms with Gasteiger partial charge in [0.15, 0.2) is 0 Å². The minimum Gasteiger partial charge on any atom is -0.490 e. The van der Waals surface area contributed by atoms with Crippen LogP contribution in [0.25, 0.3) is 0 Å². The van der Waals surface area contributed by atoms with E-state index in [1.807, 2.05) is 25.1 Å². The lowest BCUT2D eigenvalue weighted by atomic mass is 9.95. The van der Waals surface area contributed by atoms with Gasteiger partial charge >= 0.3 is 0 Å². The molecule has 7 nitrogen and oxygen atoms in total. The molecule has 0 saturated carbocycles. The lowest BCUT2D eigenvalue weighted by molar-refractivity contribution is -0.141. The fraction of sp³-hybridized carbons (Fsp3) is 0.444. The van der Waals surface area contributed by atoms with Gasteiger partial charge in [-0.3, -0.25) is 19.7 Å². The molecule has 0 radical (unpaired) electrons. The molecule has 1 saturated heterocycles. The normalized spacial score (nSPS) is 17.6. The molecule has 0 aromatic heterocycles. The van der Waals surface area contributed by atoms with E-state index in [4.69, 9.17) is 4.74 Å². The van der Waals surface area contributed by atoms with Crippen molar-refractivity contribution in [3.63, 3.8) is 0 Å². The third-order valence-electron chi connectivity index (χ3n) is 6.79. The molecule has 0 spiro atoms. The summed E-state index contributed by atoms with van der Waals surface area (Å²) in [6, 6.07) is 13.8. The zero-order valence-corrected chi connectivity index (χ0v) is 19.8. The van der Waals surface area contributed by atoms with Crippen molar-refractivity contribution in [1.82, 2.24) is 10.2 Å². The summed E-state index contributed by atoms with van der Waals surface area (Å²) in [5.74, 6) is 0.307. The lowest BCUT2D eigenvalue weighted by Gasteiger charge is -2.31. The van der Waals surface area contributed by atoms with Crippen LogP contribution in [0.1, 0.15) is 48.8 Å². The molecule has 3 amide bonds. The van der Waals surface area contributed by atoms with Crippen LogP contribution in [0, 0.1) is 6.92 Å². The molecule has 0 bridgehead atoms. The van der Waals surface area contributed by atoms with Gasteiger partial charge in [-0.25, -0.2) is 0 Å². The summed E-state index contributed by atoms with van der Waals surface area (Å²) >= 11 is 0. The Labute approximate surface area is 201 Å². The highest BCUT2D eigenvalue weighted by molar-refractivity contribution is 6.00. The molecule has 2 aromatic rings. The first kappa shape index (κ1) is 23.8. The number of anilines is 1. The van der Waals surface area contributed by atoms with Crippen LogP contribution in [-0.4, -0.2) is 48.9 Å². The number of aryl methyl sites for hydroxylation is 2. The van der Waals surface area contributed by atoms with Gasteiger partial charge in [-0.1, -0.05) is 36.8 Å². The summed E-state index contributed by atoms with van der Waals surface area (Å²) < 4.78 is 5.75. The van der Waals surface area contributed by atoms with Crippen molar-refractivity contribution >= 4 is 23.9 Å². The van der Waals surface area contributed by atoms with Gasteiger partial charge in [-0.05, 0) is 61.4 Å². The summed E-state index contributed by atoms with van der Waals surface area (Å²) in [4.78, 5) is 39.5. The Balaban J connectivity index is 1.32. The average Bonchev–Trinajstić information content (AvgIpc) is 2.84. The number of carbonyl (C=O) groups excluding carboxylic acids is 3. The Kier molecular flexibility index (Phi) is 7.83. The van der Waals surface area contributed by atoms with Crippen molar-refractivity contribution < 1.29 is 19.1 Å². The van der Waals surface area contributed by atoms with E-state index in [0.717, 1.165) is 68.7 Å². The second-order valence-corrected chi connectivity index (χ2v) is 9.07. The van der Waals surface area contributed by atoms with Crippen molar-refractivity contribution in [2.45, 2.75) is 58.0 Å². The van der Waals surface area contributed by atoms with E-state index in [2.05, 4.69) is 34.5 Å². The highest BCUT2D eigenvalue weighted by Crippen LogP contribution is 2.31. The molecule has 34 heavy (non-hydrogen) atoms. The maximum atomic E-state index is 12.3. The number of fused-ring (bicyclic) bond motifs is 1. The van der Waals surface area contributed by atoms with E-state index in [-0.39, 0.29) is 18.2 Å². The number of amides is 3. The summed E-state index contributed by atoms with van der Waals surface area (Å²) in [6.45, 7) is 5.07. The smallest absolute Gasteiger partial charge is 0.249 e. The van der Waals surface area contributed by atoms with Crippen molar-refractivity contribution in [1.29, 1.82) is 0 Å². The largest absolute Gasteiger partial charge is 0.490 e. The van der Waals surface area contributed by atoms with E-state index >= 15 is 0 Å². The second kappa shape index (κ2) is 11.2. The van der Waals surface area contributed by atoms with Crippen LogP contribution < -0.4 is 15.0 Å². The zero-order chi connectivity index (χ0) is 23.9. The highest BCUT2D eigenvalue weighted by Gasteiger charge is 2.31. The molecule has 4 rings (SSSR count). The number of carbonyl (C=O) groups is 3. The predicted molar refractivity (Wildman–Crippen MR) is 131 cm³/mol. The average molecular weight is 464 g/mol. The number of unbranched alkanes of at least 4 members (excludes halogenated alkanes) is 2. The number of nitrogens with one attached hydrogen (secondary N) is 1. The number of piperidine rings is 1. The quantitative estimate of drug-likeness (QED) is 0.332. The van der Waals surface area contributed by atoms with Crippen LogP contribution in [0.5, 0.6) is 5.75 Å². The van der Waals surface area contributed by atoms with E-state index in [0.29, 0.717) is 13.0 Å². The number of hydrogen-bond donors (Lipinski definition) is 1. The van der Waals surface area contributed by atoms with Crippen LogP contribution in [0.15, 0.2) is 42.5 Å². The number of imide groups is 1. The summed E-state index contributed by atoms with van der Waals surface area (Å²) in [5.41, 5.74) is 4.61. The Morgan fingerprint density at radius 2 is 1.97 bits per heavy atom. The highest BCUT2D eigenvalue weighted by atomic mass is 16.5. The number of nitrogens with zero attached hydrogens (tertiary/aromatic N) is 2. The molecule has 1 N–H and O–H groups in total. The van der Waals surface area contributed by atoms with Gasteiger partial charge in [0.1, 0.15) is 18.4 Å². The molecular weight excluding hydrogens is 430 g/mol. The minimum absolute atomic E-state index is 0.259. The van der Waals surface area contributed by atoms with Gasteiger partial charge in [0.25, 0.3) is 0 Å². The molecule has 2 aliphatic heterocycles. The fourth-order valence-corrected chi connectivity index (χ4v) is 4.88. The molecular formula is C27H33N3O4. The van der Waals surface area contributed by atoms with Crippen LogP contribution in [-0.2, 0) is 27.3 Å². The molecule has 1 atom stereocenters. The number of benzene rings is 2. The van der Waals surface area contributed by atoms with Gasteiger partial charge < -0.3 is 14.5 Å². The molecule has 7 heteroatoms. The third-order valence-corrected chi connectivity index (χ3v) is 6.79. The van der Waals surface area contributed by atoms with Gasteiger partial charge in [0.05, 0.1) is 12.2 Å². The second-order valence-electron chi connectivity index (χ2n) is 9.07. The van der Waals surface area contributed by atoms with Crippen LogP contribution in [0.3, 0.4) is 0 Å². The summed E-state index contributed by atoms with van der Waals surface area (Å²) in [7, 11) is 0. The first-order chi connectivity index (χ1) is 16.6. The fourth-order valence-electron chi connectivity index (χ4n) is 4.88. The Morgan fingerprint density at radius 3 is 2.79 bits per heavy atom. The Bertz CT molecular complexity index is 1040. The zero-order valence-electron chi connectivity index (χ0n) is 19.8. The first-order valence-corrected chi connectivity index (χ1v) is 12.2. The van der Waals surface area contributed by atoms with Gasteiger partial charge in [0, 0.05) is 19.5 Å². The standard InChI is InChI=1S/C27H33N3O4/c1-20-8-7-10-21(22(20)18-30(19-31)24-13-14-26(32)28-27(24)33)9-3-2-6-15-29-16-17-34-25-12-5-4-11-23(25)29/h4-5,7-8,10-12,19,24H,2-3,6,9,13-18H2,1H3,(H,28,32,33). The van der Waals surface area contributed by atoms with E-state index in [9.17, 15) is 14.4 Å². The minimum atomic E-state index is -0.598. The first-order valence-electron chi connectivity index (χ1n) is 12.2. The van der Waals surface area contributed by atoms with Crippen LogP contribution in [0.2, 0.25) is 0 Å². The number of ether oxygens (including phenoxy) is 1. The van der Waals surface area contributed by atoms with Gasteiger partial charge in [-0.2, -0.15) is 0 Å². The van der Waals surface area contributed by atoms with Crippen molar-refractivity contribution in [3.05, 3.63) is 59.2 Å². The number of rotatable bonds is 10. The maximum absolute atomic E-state index is 12.3. The van der Waals surface area contributed by atoms with Crippen LogP contribution >= 0.6 is 0 Å². The monoisotopic (exact) mass is 463 g/mol. The molecule has 2 aliphatic rings. The van der Waals surface area contributed by atoms with Crippen molar-refractivity contribution in [2.24, 2.45) is 0 Å². The molecule has 1 unspecified atom stereocenters. The molecule has 2 aromatic carbocycles. The topological polar surface area (TPSA) is 79.0 Å². The Morgan fingerprint density at radius 1 is 1.12 bits per heavy atom. The SMILES string of the molecule is Cc1cccc(CCCCCN2CCOc3ccccc32)c1CN(C=O)C1CCC(=O)NC1=O. The van der Waals surface area contributed by atoms with Crippen molar-refractivity contribution in [2.75, 3.05) is 24.6 Å². The van der Waals surface area contributed by atoms with E-state index < -0.39 is 6.04 Å². The summed E-state index contributed by atoms with van der Waals surface area (Å²) in [6.07, 6.45) is 5.56. The van der Waals surface area contributed by atoms with Gasteiger partial charge in [0.2, 0.25) is 18.2 Å². The molecule has 1 fully saturated rings. The van der Waals surface area contributed by atoms with E-state index in [1.165, 1.54) is 16.2 Å². The molecule has 180 valence electrons. The maximum Gasteiger partial charge on any atom is 0.249 e. The van der Waals surface area contributed by atoms with Crippen LogP contribution in [0.4, 0.5) is 5.69 Å². The number of hydrogen-bond acceptors (Lipinski definition) is 5.